The molecule has 0 fully saturated rings. The van der Waals surface area contributed by atoms with E-state index in [9.17, 15) is 4.79 Å². The molecule has 0 spiro atoms. The summed E-state index contributed by atoms with van der Waals surface area (Å²) < 4.78 is 5.57. The Morgan fingerprint density at radius 3 is 1.97 bits per heavy atom. The molecule has 1 aliphatic rings. The van der Waals surface area contributed by atoms with Gasteiger partial charge in [-0.15, -0.1) is 0 Å². The van der Waals surface area contributed by atoms with Gasteiger partial charge in [0.25, 0.3) is 5.91 Å². The molecule has 1 aromatic heterocycles. The molecule has 0 unspecified atom stereocenters. The third-order valence-corrected chi connectivity index (χ3v) is 5.99. The summed E-state index contributed by atoms with van der Waals surface area (Å²) >= 11 is 12.2. The lowest BCUT2D eigenvalue weighted by molar-refractivity contribution is -0.120. The number of likely N-dealkylation sites (N-methyl/N-ethyl adjacent to an activating group) is 1. The fraction of sp³-hybridized carbons (Fsp3) is 0.0769. The van der Waals surface area contributed by atoms with Gasteiger partial charge < -0.3 is 9.64 Å². The predicted octanol–water partition coefficient (Wildman–Crippen LogP) is 6.74. The van der Waals surface area contributed by atoms with E-state index in [1.807, 2.05) is 78.9 Å². The van der Waals surface area contributed by atoms with Crippen molar-refractivity contribution in [2.24, 2.45) is 0 Å². The summed E-state index contributed by atoms with van der Waals surface area (Å²) in [5, 5.41) is 1.36. The van der Waals surface area contributed by atoms with Gasteiger partial charge in [-0.3, -0.25) is 4.79 Å². The van der Waals surface area contributed by atoms with Gasteiger partial charge in [0, 0.05) is 28.2 Å². The van der Waals surface area contributed by atoms with E-state index in [1.165, 1.54) is 0 Å². The number of hydrogen-bond acceptors (Lipinski definition) is 3. The fourth-order valence-electron chi connectivity index (χ4n) is 3.69. The number of halogens is 2. The van der Waals surface area contributed by atoms with Crippen LogP contribution in [0.25, 0.3) is 33.6 Å². The Morgan fingerprint density at radius 1 is 0.750 bits per heavy atom. The van der Waals surface area contributed by atoms with Crippen molar-refractivity contribution in [2.75, 3.05) is 18.6 Å². The third-order valence-electron chi connectivity index (χ3n) is 5.48. The van der Waals surface area contributed by atoms with Crippen LogP contribution in [0.1, 0.15) is 0 Å². The molecular weight excluding hydrogens is 443 g/mol. The largest absolute Gasteiger partial charge is 0.482 e. The van der Waals surface area contributed by atoms with Crippen LogP contribution >= 0.6 is 23.2 Å². The van der Waals surface area contributed by atoms with Gasteiger partial charge in [-0.25, -0.2) is 4.98 Å². The number of anilines is 1. The second kappa shape index (κ2) is 8.30. The number of benzene rings is 3. The van der Waals surface area contributed by atoms with E-state index >= 15 is 0 Å². The standard InChI is InChI=1S/C26H18Cl2N2O2/c1-30-24-14-18(6-11-25(24)32-15-26(30)31)23-13-19(16-2-7-20(27)8-3-16)12-22(29-23)17-4-9-21(28)10-5-17/h2-14H,15H2,1H3. The molecule has 158 valence electrons. The number of carbonyl (C=O) groups excluding carboxylic acids is 1. The minimum Gasteiger partial charge on any atom is -0.482 e. The van der Waals surface area contributed by atoms with Gasteiger partial charge in [0.05, 0.1) is 17.1 Å². The highest BCUT2D eigenvalue weighted by Crippen LogP contribution is 2.37. The minimum absolute atomic E-state index is 0.0495. The van der Waals surface area contributed by atoms with E-state index < -0.39 is 0 Å². The average Bonchev–Trinajstić information content (AvgIpc) is 2.82. The highest BCUT2D eigenvalue weighted by atomic mass is 35.5. The van der Waals surface area contributed by atoms with E-state index in [0.717, 1.165) is 39.3 Å². The number of amides is 1. The Hall–Kier alpha value is -3.34. The van der Waals surface area contributed by atoms with Crippen LogP contribution in [-0.4, -0.2) is 24.5 Å². The minimum atomic E-state index is -0.0839. The van der Waals surface area contributed by atoms with Crippen molar-refractivity contribution in [1.82, 2.24) is 4.98 Å². The zero-order valence-electron chi connectivity index (χ0n) is 17.2. The lowest BCUT2D eigenvalue weighted by Gasteiger charge is -2.26. The first-order valence-corrected chi connectivity index (χ1v) is 10.8. The first kappa shape index (κ1) is 20.6. The van der Waals surface area contributed by atoms with Crippen LogP contribution in [-0.2, 0) is 4.79 Å². The summed E-state index contributed by atoms with van der Waals surface area (Å²) in [6.45, 7) is 0.0495. The number of hydrogen-bond donors (Lipinski definition) is 0. The monoisotopic (exact) mass is 460 g/mol. The molecule has 5 rings (SSSR count). The number of ether oxygens (including phenoxy) is 1. The van der Waals surface area contributed by atoms with Crippen LogP contribution < -0.4 is 9.64 Å². The summed E-state index contributed by atoms with van der Waals surface area (Å²) in [7, 11) is 1.75. The number of carbonyl (C=O) groups is 1. The molecule has 3 aromatic carbocycles. The Kier molecular flexibility index (Phi) is 5.33. The summed E-state index contributed by atoms with van der Waals surface area (Å²) in [6, 6.07) is 25.2. The van der Waals surface area contributed by atoms with Crippen LogP contribution in [0.2, 0.25) is 10.0 Å². The number of fused-ring (bicyclic) bond motifs is 1. The van der Waals surface area contributed by atoms with Gasteiger partial charge in [-0.2, -0.15) is 0 Å². The maximum atomic E-state index is 12.1. The Bertz CT molecular complexity index is 1260. The van der Waals surface area contributed by atoms with Gasteiger partial charge in [0.1, 0.15) is 5.75 Å². The van der Waals surface area contributed by atoms with Gasteiger partial charge in [0.15, 0.2) is 6.61 Å². The van der Waals surface area contributed by atoms with Crippen molar-refractivity contribution < 1.29 is 9.53 Å². The highest BCUT2D eigenvalue weighted by molar-refractivity contribution is 6.30. The van der Waals surface area contributed by atoms with E-state index in [0.29, 0.717) is 15.8 Å². The van der Waals surface area contributed by atoms with E-state index in [-0.39, 0.29) is 12.5 Å². The number of nitrogens with zero attached hydrogens (tertiary/aromatic N) is 2. The Morgan fingerprint density at radius 2 is 1.31 bits per heavy atom. The molecule has 6 heteroatoms. The van der Waals surface area contributed by atoms with Crippen molar-refractivity contribution in [1.29, 1.82) is 0 Å². The molecule has 2 heterocycles. The van der Waals surface area contributed by atoms with Crippen molar-refractivity contribution >= 4 is 34.8 Å². The summed E-state index contributed by atoms with van der Waals surface area (Å²) in [6.07, 6.45) is 0. The normalized spacial score (nSPS) is 13.0. The number of rotatable bonds is 3. The molecule has 0 saturated heterocycles. The van der Waals surface area contributed by atoms with Gasteiger partial charge in [-0.1, -0.05) is 47.5 Å². The van der Waals surface area contributed by atoms with Gasteiger partial charge >= 0.3 is 0 Å². The maximum absolute atomic E-state index is 12.1. The number of pyridine rings is 1. The highest BCUT2D eigenvalue weighted by Gasteiger charge is 2.23. The summed E-state index contributed by atoms with van der Waals surface area (Å²) in [5.74, 6) is 0.599. The third kappa shape index (κ3) is 3.95. The smallest absolute Gasteiger partial charge is 0.264 e. The molecule has 4 nitrogen and oxygen atoms in total. The molecule has 1 aliphatic heterocycles. The molecule has 0 N–H and O–H groups in total. The van der Waals surface area contributed by atoms with E-state index in [4.69, 9.17) is 32.9 Å². The zero-order chi connectivity index (χ0) is 22.2. The maximum Gasteiger partial charge on any atom is 0.264 e. The molecule has 0 aliphatic carbocycles. The van der Waals surface area contributed by atoms with E-state index in [2.05, 4.69) is 0 Å². The lowest BCUT2D eigenvalue weighted by atomic mass is 9.99. The van der Waals surface area contributed by atoms with Crippen LogP contribution in [0.15, 0.2) is 78.9 Å². The van der Waals surface area contributed by atoms with Crippen molar-refractivity contribution in [3.8, 4) is 39.4 Å². The zero-order valence-corrected chi connectivity index (χ0v) is 18.7. The first-order chi connectivity index (χ1) is 15.5. The Labute approximate surface area is 196 Å². The molecule has 0 bridgehead atoms. The molecule has 0 atom stereocenters. The Balaban J connectivity index is 1.67. The van der Waals surface area contributed by atoms with Crippen molar-refractivity contribution in [3.05, 3.63) is 88.9 Å². The second-order valence-corrected chi connectivity index (χ2v) is 8.44. The molecular formula is C26H18Cl2N2O2. The predicted molar refractivity (Wildman–Crippen MR) is 129 cm³/mol. The molecule has 1 amide bonds. The molecule has 4 aromatic rings. The number of aromatic nitrogens is 1. The lowest BCUT2D eigenvalue weighted by Crippen LogP contribution is -2.35. The average molecular weight is 461 g/mol. The van der Waals surface area contributed by atoms with Crippen molar-refractivity contribution in [3.63, 3.8) is 0 Å². The van der Waals surface area contributed by atoms with Crippen LogP contribution in [0.3, 0.4) is 0 Å². The fourth-order valence-corrected chi connectivity index (χ4v) is 3.94. The van der Waals surface area contributed by atoms with Gasteiger partial charge in [0.2, 0.25) is 0 Å². The molecule has 0 saturated carbocycles. The summed E-state index contributed by atoms with van der Waals surface area (Å²) in [5.41, 5.74) is 6.22. The second-order valence-electron chi connectivity index (χ2n) is 7.56. The van der Waals surface area contributed by atoms with Gasteiger partial charge in [-0.05, 0) is 65.7 Å². The topological polar surface area (TPSA) is 42.4 Å². The van der Waals surface area contributed by atoms with Crippen molar-refractivity contribution in [2.45, 2.75) is 0 Å². The summed E-state index contributed by atoms with van der Waals surface area (Å²) in [4.78, 5) is 18.6. The van der Waals surface area contributed by atoms with Crippen LogP contribution in [0, 0.1) is 0 Å². The van der Waals surface area contributed by atoms with E-state index in [1.54, 1.807) is 11.9 Å². The first-order valence-electron chi connectivity index (χ1n) is 10.1. The SMILES string of the molecule is CN1C(=O)COc2ccc(-c3cc(-c4ccc(Cl)cc4)cc(-c4ccc(Cl)cc4)n3)cc21. The van der Waals surface area contributed by atoms with Crippen LogP contribution in [0.5, 0.6) is 5.75 Å². The molecule has 32 heavy (non-hydrogen) atoms. The quantitative estimate of drug-likeness (QED) is 0.339. The van der Waals surface area contributed by atoms with Crippen LogP contribution in [0.4, 0.5) is 5.69 Å². The molecule has 0 radical (unpaired) electrons.